The first kappa shape index (κ1) is 34.2. The number of amides is 1. The van der Waals surface area contributed by atoms with Crippen molar-refractivity contribution in [1.82, 2.24) is 9.38 Å². The molecule has 1 amide bonds. The third kappa shape index (κ3) is 7.04. The number of aryl methyl sites for hydroxylation is 2. The summed E-state index contributed by atoms with van der Waals surface area (Å²) in [5.74, 6) is -3.18. The number of nitrogens with zero attached hydrogens (tertiary/aromatic N) is 2. The first-order valence-corrected chi connectivity index (χ1v) is 16.2. The summed E-state index contributed by atoms with van der Waals surface area (Å²) in [4.78, 5) is 24.5. The van der Waals surface area contributed by atoms with Crippen LogP contribution in [0.3, 0.4) is 0 Å². The van der Waals surface area contributed by atoms with Gasteiger partial charge in [0.15, 0.2) is 0 Å². The van der Waals surface area contributed by atoms with E-state index in [1.165, 1.54) is 63.9 Å². The van der Waals surface area contributed by atoms with Gasteiger partial charge in [-0.15, -0.1) is 0 Å². The Labute approximate surface area is 290 Å². The molecule has 5 aromatic carbocycles. The fraction of sp³-hybridized carbons (Fsp3) is 0.125. The summed E-state index contributed by atoms with van der Waals surface area (Å²) in [6, 6.07) is 33.2. The van der Waals surface area contributed by atoms with E-state index in [1.807, 2.05) is 41.1 Å². The summed E-state index contributed by atoms with van der Waals surface area (Å²) in [7, 11) is 0. The van der Waals surface area contributed by atoms with Crippen LogP contribution in [0.2, 0.25) is 5.02 Å². The fourth-order valence-corrected chi connectivity index (χ4v) is 6.73. The van der Waals surface area contributed by atoms with Crippen LogP contribution in [-0.4, -0.2) is 32.5 Å². The van der Waals surface area contributed by atoms with E-state index in [9.17, 15) is 18.0 Å². The molecule has 0 unspecified atom stereocenters. The minimum atomic E-state index is -5.08. The highest BCUT2D eigenvalue weighted by Gasteiger charge is 2.38. The van der Waals surface area contributed by atoms with Gasteiger partial charge in [-0.25, -0.2) is 4.79 Å². The molecule has 50 heavy (non-hydrogen) atoms. The summed E-state index contributed by atoms with van der Waals surface area (Å²) in [5, 5.41) is 13.1. The number of carbonyl (C=O) groups excluding carboxylic acids is 1. The zero-order valence-corrected chi connectivity index (χ0v) is 27.4. The van der Waals surface area contributed by atoms with Crippen molar-refractivity contribution in [3.05, 3.63) is 144 Å². The van der Waals surface area contributed by atoms with E-state index in [1.54, 1.807) is 30.1 Å². The second-order valence-corrected chi connectivity index (χ2v) is 12.2. The predicted octanol–water partition coefficient (Wildman–Crippen LogP) is 9.93. The normalized spacial score (nSPS) is 12.4. The molecule has 0 fully saturated rings. The lowest BCUT2D eigenvalue weighted by molar-refractivity contribution is -0.192. The van der Waals surface area contributed by atoms with E-state index in [-0.39, 0.29) is 0 Å². The molecule has 0 bridgehead atoms. The maximum Gasteiger partial charge on any atom is 0.490 e. The summed E-state index contributed by atoms with van der Waals surface area (Å²) in [5.41, 5.74) is 14.2. The van der Waals surface area contributed by atoms with Gasteiger partial charge < -0.3 is 15.2 Å². The van der Waals surface area contributed by atoms with E-state index in [0.717, 1.165) is 21.7 Å². The quantitative estimate of drug-likeness (QED) is 0.180. The molecule has 2 aromatic heterocycles. The number of aliphatic carboxylic acids is 1. The Hall–Kier alpha value is -5.67. The molecular weight excluding hydrogens is 663 g/mol. The Morgan fingerprint density at radius 1 is 0.780 bits per heavy atom. The molecule has 0 atom stereocenters. The molecule has 0 spiro atoms. The van der Waals surface area contributed by atoms with Crippen molar-refractivity contribution in [1.29, 1.82) is 0 Å². The van der Waals surface area contributed by atoms with Gasteiger partial charge in [0.2, 0.25) is 5.91 Å². The van der Waals surface area contributed by atoms with Gasteiger partial charge in [-0.2, -0.15) is 13.2 Å². The van der Waals surface area contributed by atoms with Crippen LogP contribution in [-0.2, 0) is 17.6 Å². The van der Waals surface area contributed by atoms with Crippen LogP contribution < -0.4 is 5.73 Å². The number of aromatic nitrogens is 2. The Morgan fingerprint density at radius 2 is 1.50 bits per heavy atom. The summed E-state index contributed by atoms with van der Waals surface area (Å²) in [6.45, 7) is 0. The smallest absolute Gasteiger partial charge is 0.475 e. The van der Waals surface area contributed by atoms with E-state index in [0.29, 0.717) is 5.56 Å². The molecule has 7 aromatic rings. The number of halogens is 4. The number of carboxylic acid groups (broad SMARTS) is 1. The van der Waals surface area contributed by atoms with E-state index < -0.39 is 18.1 Å². The van der Waals surface area contributed by atoms with Crippen molar-refractivity contribution in [2.24, 2.45) is 5.73 Å². The first-order valence-electron chi connectivity index (χ1n) is 15.9. The lowest BCUT2D eigenvalue weighted by Gasteiger charge is -2.20. The van der Waals surface area contributed by atoms with Crippen LogP contribution in [0.4, 0.5) is 13.2 Å². The maximum atomic E-state index is 11.5. The van der Waals surface area contributed by atoms with Crippen molar-refractivity contribution < 1.29 is 27.9 Å². The number of carboxylic acids is 1. The number of carbonyl (C=O) groups is 2. The number of alkyl halides is 3. The molecule has 1 aliphatic carbocycles. The highest BCUT2D eigenvalue weighted by Crippen LogP contribution is 2.41. The Balaban J connectivity index is 0.000000151. The summed E-state index contributed by atoms with van der Waals surface area (Å²) < 4.78 is 33.7. The maximum absolute atomic E-state index is 11.5. The van der Waals surface area contributed by atoms with E-state index >= 15 is 0 Å². The molecule has 0 saturated heterocycles. The zero-order valence-electron chi connectivity index (χ0n) is 26.6. The van der Waals surface area contributed by atoms with Crippen molar-refractivity contribution in [3.63, 3.8) is 0 Å². The number of rotatable bonds is 3. The highest BCUT2D eigenvalue weighted by molar-refractivity contribution is 6.38. The topological polar surface area (TPSA) is 97.7 Å². The molecule has 1 aliphatic rings. The molecule has 2 heterocycles. The predicted molar refractivity (Wildman–Crippen MR) is 191 cm³/mol. The minimum Gasteiger partial charge on any atom is -0.475 e. The number of benzene rings is 5. The molecule has 10 heteroatoms. The minimum absolute atomic E-state index is 0.422. The molecule has 0 aliphatic heterocycles. The summed E-state index contributed by atoms with van der Waals surface area (Å²) in [6.07, 6.45) is 7.20. The van der Waals surface area contributed by atoms with Gasteiger partial charge in [-0.05, 0) is 93.9 Å². The second-order valence-electron chi connectivity index (χ2n) is 11.8. The SMILES string of the molecule is Clc1cccc2c1c(-c1ccccc1)cc1c3c(ccc12)CCCC3.NC(=O)c1ccccc1-c1ccn2ccncc12.O=C(O)C(F)(F)F. The lowest BCUT2D eigenvalue weighted by atomic mass is 9.84. The standard InChI is InChI=1S/C24H19Cl.C14H11N3O.C2HF3O2/c25-23-12-6-11-20-19-14-13-17-9-4-5-10-18(17)22(19)15-21(24(20)23)16-7-2-1-3-8-16;15-14(18)12-4-2-1-3-10(12)11-5-7-17-8-6-16-9-13(11)17;3-2(4,5)1(6)7/h1-3,6-8,11-15H,4-5,9-10H2;1-9H,(H2,15,18);(H,6,7). The number of nitrogens with two attached hydrogens (primary N) is 1. The van der Waals surface area contributed by atoms with Crippen LogP contribution in [0, 0.1) is 0 Å². The van der Waals surface area contributed by atoms with Crippen molar-refractivity contribution in [3.8, 4) is 22.3 Å². The Morgan fingerprint density at radius 3 is 2.24 bits per heavy atom. The molecule has 252 valence electrons. The van der Waals surface area contributed by atoms with Gasteiger partial charge in [-0.3, -0.25) is 9.78 Å². The third-order valence-corrected chi connectivity index (χ3v) is 9.03. The van der Waals surface area contributed by atoms with Crippen molar-refractivity contribution >= 4 is 50.5 Å². The fourth-order valence-electron chi connectivity index (χ4n) is 6.45. The highest BCUT2D eigenvalue weighted by atomic mass is 35.5. The van der Waals surface area contributed by atoms with Crippen LogP contribution in [0.25, 0.3) is 49.3 Å². The lowest BCUT2D eigenvalue weighted by Crippen LogP contribution is -2.21. The van der Waals surface area contributed by atoms with Gasteiger partial charge >= 0.3 is 12.1 Å². The molecule has 0 saturated carbocycles. The largest absolute Gasteiger partial charge is 0.490 e. The summed E-state index contributed by atoms with van der Waals surface area (Å²) >= 11 is 6.66. The number of fused-ring (bicyclic) bond motifs is 6. The van der Waals surface area contributed by atoms with Gasteiger partial charge in [-0.1, -0.05) is 84.4 Å². The molecule has 6 nitrogen and oxygen atoms in total. The first-order chi connectivity index (χ1) is 24.0. The van der Waals surface area contributed by atoms with Crippen LogP contribution >= 0.6 is 11.6 Å². The van der Waals surface area contributed by atoms with Crippen LogP contribution in [0.15, 0.2) is 122 Å². The Bertz CT molecular complexity index is 2350. The molecule has 0 radical (unpaired) electrons. The third-order valence-electron chi connectivity index (χ3n) is 8.71. The van der Waals surface area contributed by atoms with E-state index in [4.69, 9.17) is 27.2 Å². The second kappa shape index (κ2) is 14.4. The van der Waals surface area contributed by atoms with Gasteiger partial charge in [0.05, 0.1) is 11.7 Å². The molecule has 3 N–H and O–H groups in total. The monoisotopic (exact) mass is 693 g/mol. The molecule has 8 rings (SSSR count). The number of primary amides is 1. The number of hydrogen-bond donors (Lipinski definition) is 2. The zero-order chi connectivity index (χ0) is 35.4. The molecular formula is C40H31ClF3N3O3. The van der Waals surface area contributed by atoms with Gasteiger partial charge in [0, 0.05) is 40.1 Å². The van der Waals surface area contributed by atoms with Crippen molar-refractivity contribution in [2.75, 3.05) is 0 Å². The average molecular weight is 694 g/mol. The van der Waals surface area contributed by atoms with Crippen molar-refractivity contribution in [2.45, 2.75) is 31.9 Å². The van der Waals surface area contributed by atoms with Crippen LogP contribution in [0.5, 0.6) is 0 Å². The van der Waals surface area contributed by atoms with Gasteiger partial charge in [0.25, 0.3) is 0 Å². The van der Waals surface area contributed by atoms with Gasteiger partial charge in [0.1, 0.15) is 0 Å². The number of hydrogen-bond acceptors (Lipinski definition) is 3. The van der Waals surface area contributed by atoms with E-state index in [2.05, 4.69) is 65.6 Å². The average Bonchev–Trinajstić information content (AvgIpc) is 3.56. The Kier molecular flexibility index (Phi) is 9.88. The van der Waals surface area contributed by atoms with Crippen LogP contribution in [0.1, 0.15) is 34.3 Å².